The maximum Gasteiger partial charge on any atom is 0.0355 e. The molecule has 2 heteroatoms. The summed E-state index contributed by atoms with van der Waals surface area (Å²) in [7, 11) is 0. The van der Waals surface area contributed by atoms with Crippen LogP contribution < -0.4 is 5.73 Å². The fourth-order valence-corrected chi connectivity index (χ4v) is 3.36. The van der Waals surface area contributed by atoms with Crippen molar-refractivity contribution < 1.29 is 0 Å². The van der Waals surface area contributed by atoms with Gasteiger partial charge in [-0.1, -0.05) is 40.9 Å². The van der Waals surface area contributed by atoms with E-state index in [0.29, 0.717) is 5.92 Å². The molecule has 2 aromatic carbocycles. The topological polar surface area (TPSA) is 26.0 Å². The van der Waals surface area contributed by atoms with Gasteiger partial charge in [-0.2, -0.15) is 0 Å². The molecule has 0 aromatic heterocycles. The van der Waals surface area contributed by atoms with E-state index in [1.807, 2.05) is 0 Å². The Balaban J connectivity index is 2.25. The van der Waals surface area contributed by atoms with Crippen molar-refractivity contribution >= 4 is 32.4 Å². The zero-order valence-electron chi connectivity index (χ0n) is 9.75. The lowest BCUT2D eigenvalue weighted by Gasteiger charge is -2.16. The van der Waals surface area contributed by atoms with Crippen molar-refractivity contribution in [3.8, 4) is 0 Å². The lowest BCUT2D eigenvalue weighted by molar-refractivity contribution is 0.732. The van der Waals surface area contributed by atoms with Crippen LogP contribution in [0.25, 0.3) is 10.8 Å². The molecule has 0 spiro atoms. The van der Waals surface area contributed by atoms with Gasteiger partial charge < -0.3 is 5.73 Å². The number of benzene rings is 2. The molecule has 0 aliphatic heterocycles. The van der Waals surface area contributed by atoms with E-state index in [4.69, 9.17) is 5.73 Å². The Morgan fingerprint density at radius 3 is 2.53 bits per heavy atom. The third-order valence-corrected chi connectivity index (χ3v) is 4.32. The van der Waals surface area contributed by atoms with Gasteiger partial charge >= 0.3 is 0 Å². The maximum atomic E-state index is 6.20. The minimum atomic E-state index is 0.660. The van der Waals surface area contributed by atoms with E-state index >= 15 is 0 Å². The number of hydrogen-bond donors (Lipinski definition) is 1. The molecule has 2 N–H and O–H groups in total. The first-order valence-electron chi connectivity index (χ1n) is 6.23. The van der Waals surface area contributed by atoms with Crippen LogP contribution in [0.5, 0.6) is 0 Å². The van der Waals surface area contributed by atoms with Gasteiger partial charge in [-0.15, -0.1) is 0 Å². The smallest absolute Gasteiger partial charge is 0.0355 e. The molecule has 17 heavy (non-hydrogen) atoms. The van der Waals surface area contributed by atoms with Crippen LogP contribution in [0.2, 0.25) is 0 Å². The molecule has 1 nitrogen and oxygen atoms in total. The fourth-order valence-electron chi connectivity index (χ4n) is 3.00. The van der Waals surface area contributed by atoms with Crippen molar-refractivity contribution in [1.82, 2.24) is 0 Å². The molecule has 0 radical (unpaired) electrons. The van der Waals surface area contributed by atoms with Crippen LogP contribution >= 0.6 is 15.9 Å². The zero-order valence-corrected chi connectivity index (χ0v) is 11.3. The first kappa shape index (κ1) is 11.1. The highest BCUT2D eigenvalue weighted by Crippen LogP contribution is 2.41. The van der Waals surface area contributed by atoms with Gasteiger partial charge in [0.05, 0.1) is 0 Å². The summed E-state index contributed by atoms with van der Waals surface area (Å²) in [5.74, 6) is 0.660. The molecule has 0 bridgehead atoms. The lowest BCUT2D eigenvalue weighted by atomic mass is 9.91. The van der Waals surface area contributed by atoms with Crippen LogP contribution in [0.1, 0.15) is 37.2 Å². The minimum absolute atomic E-state index is 0.660. The molecule has 1 aliphatic carbocycles. The summed E-state index contributed by atoms with van der Waals surface area (Å²) < 4.78 is 1.13. The van der Waals surface area contributed by atoms with Crippen molar-refractivity contribution in [2.75, 3.05) is 5.73 Å². The summed E-state index contributed by atoms with van der Waals surface area (Å²) in [4.78, 5) is 0. The van der Waals surface area contributed by atoms with Gasteiger partial charge in [0.15, 0.2) is 0 Å². The summed E-state index contributed by atoms with van der Waals surface area (Å²) in [6.07, 6.45) is 5.26. The van der Waals surface area contributed by atoms with Crippen LogP contribution in [0.3, 0.4) is 0 Å². The predicted octanol–water partition coefficient (Wildman–Crippen LogP) is 4.84. The Morgan fingerprint density at radius 1 is 1.06 bits per heavy atom. The molecule has 0 heterocycles. The average molecular weight is 290 g/mol. The second-order valence-electron chi connectivity index (χ2n) is 4.92. The number of halogens is 1. The van der Waals surface area contributed by atoms with Crippen LogP contribution in [0.4, 0.5) is 5.69 Å². The third-order valence-electron chi connectivity index (χ3n) is 3.82. The Labute approximate surface area is 110 Å². The number of hydrogen-bond acceptors (Lipinski definition) is 1. The largest absolute Gasteiger partial charge is 0.398 e. The molecule has 1 saturated carbocycles. The van der Waals surface area contributed by atoms with Gasteiger partial charge in [-0.25, -0.2) is 0 Å². The quantitative estimate of drug-likeness (QED) is 0.747. The summed E-state index contributed by atoms with van der Waals surface area (Å²) in [6.45, 7) is 0. The predicted molar refractivity (Wildman–Crippen MR) is 77.3 cm³/mol. The van der Waals surface area contributed by atoms with Crippen LogP contribution in [-0.2, 0) is 0 Å². The average Bonchev–Trinajstić information content (AvgIpc) is 2.82. The number of nitrogens with two attached hydrogens (primary N) is 1. The Morgan fingerprint density at radius 2 is 1.76 bits per heavy atom. The van der Waals surface area contributed by atoms with E-state index in [1.165, 1.54) is 42.0 Å². The molecule has 3 rings (SSSR count). The minimum Gasteiger partial charge on any atom is -0.398 e. The summed E-state index contributed by atoms with van der Waals surface area (Å²) >= 11 is 3.56. The Hall–Kier alpha value is -1.02. The van der Waals surface area contributed by atoms with Gasteiger partial charge in [0.25, 0.3) is 0 Å². The van der Waals surface area contributed by atoms with Crippen molar-refractivity contribution in [3.63, 3.8) is 0 Å². The van der Waals surface area contributed by atoms with Crippen molar-refractivity contribution in [1.29, 1.82) is 0 Å². The molecule has 0 amide bonds. The summed E-state index contributed by atoms with van der Waals surface area (Å²) in [5.41, 5.74) is 8.54. The summed E-state index contributed by atoms with van der Waals surface area (Å²) in [6, 6.07) is 10.6. The SMILES string of the molecule is Nc1ccc2ccc(Br)cc2c1C1CCCC1. The number of rotatable bonds is 1. The first-order chi connectivity index (χ1) is 8.25. The Bertz CT molecular complexity index is 551. The van der Waals surface area contributed by atoms with Gasteiger partial charge in [0.1, 0.15) is 0 Å². The lowest BCUT2D eigenvalue weighted by Crippen LogP contribution is -2.00. The van der Waals surface area contributed by atoms with Crippen molar-refractivity contribution in [2.45, 2.75) is 31.6 Å². The fraction of sp³-hybridized carbons (Fsp3) is 0.333. The van der Waals surface area contributed by atoms with Crippen LogP contribution in [0, 0.1) is 0 Å². The zero-order chi connectivity index (χ0) is 11.8. The molecule has 88 valence electrons. The van der Waals surface area contributed by atoms with Crippen LogP contribution in [-0.4, -0.2) is 0 Å². The highest BCUT2D eigenvalue weighted by molar-refractivity contribution is 9.10. The number of anilines is 1. The second-order valence-corrected chi connectivity index (χ2v) is 5.83. The van der Waals surface area contributed by atoms with Gasteiger partial charge in [-0.05, 0) is 53.3 Å². The number of nitrogen functional groups attached to an aromatic ring is 1. The van der Waals surface area contributed by atoms with Gasteiger partial charge in [0, 0.05) is 10.2 Å². The van der Waals surface area contributed by atoms with E-state index in [2.05, 4.69) is 46.3 Å². The van der Waals surface area contributed by atoms with E-state index in [1.54, 1.807) is 0 Å². The van der Waals surface area contributed by atoms with E-state index in [0.717, 1.165) is 10.2 Å². The molecule has 0 saturated heterocycles. The molecule has 0 unspecified atom stereocenters. The monoisotopic (exact) mass is 289 g/mol. The van der Waals surface area contributed by atoms with Gasteiger partial charge in [0.2, 0.25) is 0 Å². The van der Waals surface area contributed by atoms with Gasteiger partial charge in [-0.3, -0.25) is 0 Å². The standard InChI is InChI=1S/C15H16BrN/c16-12-7-5-10-6-8-14(17)15(13(10)9-12)11-3-1-2-4-11/h5-9,11H,1-4,17H2. The van der Waals surface area contributed by atoms with E-state index < -0.39 is 0 Å². The van der Waals surface area contributed by atoms with Crippen molar-refractivity contribution in [3.05, 3.63) is 40.4 Å². The molecular formula is C15H16BrN. The number of fused-ring (bicyclic) bond motifs is 1. The van der Waals surface area contributed by atoms with E-state index in [9.17, 15) is 0 Å². The molecule has 2 aromatic rings. The molecule has 1 aliphatic rings. The second kappa shape index (κ2) is 4.34. The highest BCUT2D eigenvalue weighted by Gasteiger charge is 2.21. The molecule has 1 fully saturated rings. The molecular weight excluding hydrogens is 274 g/mol. The highest BCUT2D eigenvalue weighted by atomic mass is 79.9. The van der Waals surface area contributed by atoms with Crippen molar-refractivity contribution in [2.24, 2.45) is 0 Å². The Kier molecular flexibility index (Phi) is 2.83. The first-order valence-corrected chi connectivity index (χ1v) is 7.02. The molecule has 0 atom stereocenters. The van der Waals surface area contributed by atoms with E-state index in [-0.39, 0.29) is 0 Å². The third kappa shape index (κ3) is 1.95. The normalized spacial score (nSPS) is 16.8. The van der Waals surface area contributed by atoms with Crippen LogP contribution in [0.15, 0.2) is 34.8 Å². The maximum absolute atomic E-state index is 6.20. The summed E-state index contributed by atoms with van der Waals surface area (Å²) in [5, 5.41) is 2.62.